The average molecular weight is 310 g/mol. The number of benzene rings is 1. The van der Waals surface area contributed by atoms with E-state index in [1.807, 2.05) is 0 Å². The smallest absolute Gasteiger partial charge is 0.123 e. The summed E-state index contributed by atoms with van der Waals surface area (Å²) in [5.41, 5.74) is 2.27. The molecular weight excluding hydrogens is 290 g/mol. The fourth-order valence-corrected chi connectivity index (χ4v) is 2.46. The molecular formula is C14H20BrN3. The van der Waals surface area contributed by atoms with Crippen LogP contribution in [-0.2, 0) is 13.1 Å². The number of hydrogen-bond acceptors (Lipinski definition) is 2. The summed E-state index contributed by atoms with van der Waals surface area (Å²) in [4.78, 5) is 4.71. The van der Waals surface area contributed by atoms with Crippen LogP contribution < -0.4 is 5.32 Å². The third-order valence-corrected chi connectivity index (χ3v) is 3.43. The molecule has 1 heterocycles. The Morgan fingerprint density at radius 3 is 2.83 bits per heavy atom. The molecule has 0 saturated carbocycles. The maximum atomic E-state index is 4.71. The molecule has 3 nitrogen and oxygen atoms in total. The topological polar surface area (TPSA) is 29.9 Å². The second-order valence-electron chi connectivity index (χ2n) is 4.93. The average Bonchev–Trinajstić information content (AvgIpc) is 2.65. The maximum Gasteiger partial charge on any atom is 0.123 e. The van der Waals surface area contributed by atoms with Crippen molar-refractivity contribution in [2.24, 2.45) is 5.92 Å². The van der Waals surface area contributed by atoms with Crippen LogP contribution >= 0.6 is 15.9 Å². The quantitative estimate of drug-likeness (QED) is 0.915. The molecule has 2 rings (SSSR count). The summed E-state index contributed by atoms with van der Waals surface area (Å²) in [6, 6.07) is 6.27. The molecule has 1 N–H and O–H groups in total. The van der Waals surface area contributed by atoms with Gasteiger partial charge in [-0.3, -0.25) is 0 Å². The van der Waals surface area contributed by atoms with Gasteiger partial charge in [0.15, 0.2) is 0 Å². The van der Waals surface area contributed by atoms with Crippen molar-refractivity contribution < 1.29 is 0 Å². The van der Waals surface area contributed by atoms with Crippen LogP contribution in [0.2, 0.25) is 0 Å². The van der Waals surface area contributed by atoms with E-state index in [2.05, 4.69) is 64.8 Å². The van der Waals surface area contributed by atoms with Gasteiger partial charge in [0.25, 0.3) is 0 Å². The third-order valence-electron chi connectivity index (χ3n) is 2.94. The molecule has 0 amide bonds. The van der Waals surface area contributed by atoms with E-state index >= 15 is 0 Å². The molecule has 0 radical (unpaired) electrons. The number of halogens is 1. The fourth-order valence-electron chi connectivity index (χ4n) is 2.11. The van der Waals surface area contributed by atoms with E-state index in [9.17, 15) is 0 Å². The third kappa shape index (κ3) is 2.93. The number of hydrogen-bond donors (Lipinski definition) is 1. The Bertz CT molecular complexity index is 531. The van der Waals surface area contributed by atoms with Gasteiger partial charge >= 0.3 is 0 Å². The van der Waals surface area contributed by atoms with Crippen LogP contribution in [0.5, 0.6) is 0 Å². The molecule has 0 aliphatic carbocycles. The van der Waals surface area contributed by atoms with Gasteiger partial charge in [-0.2, -0.15) is 0 Å². The molecule has 0 unspecified atom stereocenters. The SMILES string of the molecule is CCn1c(CNCC(C)C)nc2cc(Br)ccc21. The van der Waals surface area contributed by atoms with Gasteiger partial charge in [-0.15, -0.1) is 0 Å². The van der Waals surface area contributed by atoms with Gasteiger partial charge in [-0.05, 0) is 37.6 Å². The highest BCUT2D eigenvalue weighted by Gasteiger charge is 2.09. The zero-order valence-electron chi connectivity index (χ0n) is 11.2. The van der Waals surface area contributed by atoms with E-state index in [4.69, 9.17) is 4.98 Å². The van der Waals surface area contributed by atoms with Crippen LogP contribution in [0.4, 0.5) is 0 Å². The minimum atomic E-state index is 0.665. The molecule has 2 aromatic rings. The number of aromatic nitrogens is 2. The summed E-state index contributed by atoms with van der Waals surface area (Å²) in [6.45, 7) is 9.40. The van der Waals surface area contributed by atoms with Gasteiger partial charge in [0, 0.05) is 11.0 Å². The first-order chi connectivity index (χ1) is 8.61. The van der Waals surface area contributed by atoms with E-state index in [-0.39, 0.29) is 0 Å². The summed E-state index contributed by atoms with van der Waals surface area (Å²) < 4.78 is 3.35. The Morgan fingerprint density at radius 1 is 1.39 bits per heavy atom. The lowest BCUT2D eigenvalue weighted by molar-refractivity contribution is 0.533. The Hall–Kier alpha value is -0.870. The van der Waals surface area contributed by atoms with Gasteiger partial charge in [0.1, 0.15) is 5.82 Å². The minimum absolute atomic E-state index is 0.665. The van der Waals surface area contributed by atoms with Crippen LogP contribution in [0.25, 0.3) is 11.0 Å². The molecule has 0 bridgehead atoms. The van der Waals surface area contributed by atoms with E-state index < -0.39 is 0 Å². The zero-order valence-corrected chi connectivity index (χ0v) is 12.8. The molecule has 4 heteroatoms. The van der Waals surface area contributed by atoms with Gasteiger partial charge < -0.3 is 9.88 Å². The maximum absolute atomic E-state index is 4.71. The molecule has 1 aromatic carbocycles. The molecule has 1 aromatic heterocycles. The van der Waals surface area contributed by atoms with Crippen LogP contribution in [-0.4, -0.2) is 16.1 Å². The molecule has 98 valence electrons. The van der Waals surface area contributed by atoms with E-state index in [1.165, 1.54) is 5.52 Å². The molecule has 0 spiro atoms. The molecule has 0 aliphatic heterocycles. The van der Waals surface area contributed by atoms with Crippen molar-refractivity contribution in [1.29, 1.82) is 0 Å². The van der Waals surface area contributed by atoms with Crippen molar-refractivity contribution >= 4 is 27.0 Å². The number of nitrogens with one attached hydrogen (secondary N) is 1. The van der Waals surface area contributed by atoms with Crippen LogP contribution in [0.3, 0.4) is 0 Å². The number of aryl methyl sites for hydroxylation is 1. The van der Waals surface area contributed by atoms with Gasteiger partial charge in [-0.1, -0.05) is 29.8 Å². The van der Waals surface area contributed by atoms with Crippen LogP contribution in [0.1, 0.15) is 26.6 Å². The first-order valence-corrected chi connectivity index (χ1v) is 7.26. The lowest BCUT2D eigenvalue weighted by Gasteiger charge is -2.09. The Morgan fingerprint density at radius 2 is 2.17 bits per heavy atom. The highest BCUT2D eigenvalue weighted by molar-refractivity contribution is 9.10. The highest BCUT2D eigenvalue weighted by Crippen LogP contribution is 2.20. The van der Waals surface area contributed by atoms with Crippen molar-refractivity contribution in [3.8, 4) is 0 Å². The predicted octanol–water partition coefficient (Wildman–Crippen LogP) is 3.56. The van der Waals surface area contributed by atoms with Crippen molar-refractivity contribution in [3.05, 3.63) is 28.5 Å². The first-order valence-electron chi connectivity index (χ1n) is 6.47. The Labute approximate surface area is 117 Å². The van der Waals surface area contributed by atoms with Gasteiger partial charge in [0.05, 0.1) is 17.6 Å². The van der Waals surface area contributed by atoms with Crippen LogP contribution in [0.15, 0.2) is 22.7 Å². The second kappa shape index (κ2) is 5.85. The molecule has 0 aliphatic rings. The molecule has 0 saturated heterocycles. The summed E-state index contributed by atoms with van der Waals surface area (Å²) in [7, 11) is 0. The number of imidazole rings is 1. The predicted molar refractivity (Wildman–Crippen MR) is 79.7 cm³/mol. The largest absolute Gasteiger partial charge is 0.327 e. The van der Waals surface area contributed by atoms with Gasteiger partial charge in [-0.25, -0.2) is 4.98 Å². The summed E-state index contributed by atoms with van der Waals surface area (Å²) in [5, 5.41) is 3.46. The summed E-state index contributed by atoms with van der Waals surface area (Å²) in [6.07, 6.45) is 0. The Kier molecular flexibility index (Phi) is 4.40. The van der Waals surface area contributed by atoms with Crippen LogP contribution in [0, 0.1) is 5.92 Å². The summed E-state index contributed by atoms with van der Waals surface area (Å²) in [5.74, 6) is 1.78. The molecule has 0 fully saturated rings. The van der Waals surface area contributed by atoms with Crippen molar-refractivity contribution in [2.75, 3.05) is 6.54 Å². The van der Waals surface area contributed by atoms with E-state index in [1.54, 1.807) is 0 Å². The number of nitrogens with zero attached hydrogens (tertiary/aromatic N) is 2. The van der Waals surface area contributed by atoms with Gasteiger partial charge in [0.2, 0.25) is 0 Å². The zero-order chi connectivity index (χ0) is 13.1. The lowest BCUT2D eigenvalue weighted by Crippen LogP contribution is -2.21. The standard InChI is InChI=1S/C14H20BrN3/c1-4-18-13-6-5-11(15)7-12(13)17-14(18)9-16-8-10(2)3/h5-7,10,16H,4,8-9H2,1-3H3. The Balaban J connectivity index is 2.26. The van der Waals surface area contributed by atoms with Crippen molar-refractivity contribution in [3.63, 3.8) is 0 Å². The highest BCUT2D eigenvalue weighted by atomic mass is 79.9. The number of rotatable bonds is 5. The minimum Gasteiger partial charge on any atom is -0.327 e. The first kappa shape index (κ1) is 13.6. The van der Waals surface area contributed by atoms with E-state index in [0.29, 0.717) is 5.92 Å². The lowest BCUT2D eigenvalue weighted by atomic mass is 10.2. The van der Waals surface area contributed by atoms with Crippen molar-refractivity contribution in [1.82, 2.24) is 14.9 Å². The monoisotopic (exact) mass is 309 g/mol. The summed E-state index contributed by atoms with van der Waals surface area (Å²) >= 11 is 3.49. The second-order valence-corrected chi connectivity index (χ2v) is 5.85. The molecule has 0 atom stereocenters. The van der Waals surface area contributed by atoms with E-state index in [0.717, 1.165) is 35.4 Å². The fraction of sp³-hybridized carbons (Fsp3) is 0.500. The normalized spacial score (nSPS) is 11.6. The van der Waals surface area contributed by atoms with Crippen molar-refractivity contribution in [2.45, 2.75) is 33.9 Å². The molecule has 18 heavy (non-hydrogen) atoms. The number of fused-ring (bicyclic) bond motifs is 1.